The molecule has 112 valence electrons. The summed E-state index contributed by atoms with van der Waals surface area (Å²) in [6.07, 6.45) is -4.44. The first kappa shape index (κ1) is 13.9. The number of hydrogen-bond acceptors (Lipinski definition) is 2. The van der Waals surface area contributed by atoms with Crippen molar-refractivity contribution in [3.05, 3.63) is 29.3 Å². The summed E-state index contributed by atoms with van der Waals surface area (Å²) in [6.45, 7) is 5.00. The van der Waals surface area contributed by atoms with Gasteiger partial charge < -0.3 is 5.32 Å². The van der Waals surface area contributed by atoms with Crippen LogP contribution in [0.4, 0.5) is 23.7 Å². The highest BCUT2D eigenvalue weighted by atomic mass is 19.4. The van der Waals surface area contributed by atoms with Crippen molar-refractivity contribution in [2.75, 3.05) is 18.4 Å². The molecule has 21 heavy (non-hydrogen) atoms. The second-order valence-corrected chi connectivity index (χ2v) is 6.08. The van der Waals surface area contributed by atoms with Crippen molar-refractivity contribution >= 4 is 17.6 Å². The minimum absolute atomic E-state index is 0.149. The van der Waals surface area contributed by atoms with Crippen molar-refractivity contribution in [3.63, 3.8) is 0 Å². The molecule has 0 aliphatic carbocycles. The van der Waals surface area contributed by atoms with Crippen LogP contribution in [0, 0.1) is 5.41 Å². The molecule has 0 atom stereocenters. The molecule has 1 aromatic carbocycles. The third kappa shape index (κ3) is 2.36. The number of anilines is 1. The summed E-state index contributed by atoms with van der Waals surface area (Å²) in [5.74, 6) is 0.446. The molecule has 0 spiro atoms. The van der Waals surface area contributed by atoms with E-state index in [0.717, 1.165) is 12.1 Å². The zero-order valence-corrected chi connectivity index (χ0v) is 11.6. The molecule has 2 aliphatic heterocycles. The van der Waals surface area contributed by atoms with E-state index in [2.05, 4.69) is 10.3 Å². The molecule has 2 aliphatic rings. The fraction of sp³-hybridized carbons (Fsp3) is 0.429. The van der Waals surface area contributed by atoms with Gasteiger partial charge in [-0.25, -0.2) is 4.79 Å². The molecule has 4 nitrogen and oxygen atoms in total. The zero-order valence-electron chi connectivity index (χ0n) is 11.6. The predicted molar refractivity (Wildman–Crippen MR) is 72.4 cm³/mol. The van der Waals surface area contributed by atoms with Crippen LogP contribution in [0.5, 0.6) is 0 Å². The van der Waals surface area contributed by atoms with Crippen LogP contribution in [-0.2, 0) is 6.18 Å². The van der Waals surface area contributed by atoms with Crippen LogP contribution in [0.2, 0.25) is 0 Å². The Kier molecular flexibility index (Phi) is 2.80. The molecular weight excluding hydrogens is 283 g/mol. The molecule has 0 unspecified atom stereocenters. The Labute approximate surface area is 119 Å². The van der Waals surface area contributed by atoms with Gasteiger partial charge in [-0.2, -0.15) is 13.2 Å². The predicted octanol–water partition coefficient (Wildman–Crippen LogP) is 3.34. The average molecular weight is 297 g/mol. The highest BCUT2D eigenvalue weighted by Gasteiger charge is 2.38. The molecule has 0 bridgehead atoms. The summed E-state index contributed by atoms with van der Waals surface area (Å²) in [7, 11) is 0. The Morgan fingerprint density at radius 2 is 2.05 bits per heavy atom. The molecule has 2 amide bonds. The van der Waals surface area contributed by atoms with E-state index in [9.17, 15) is 18.0 Å². The summed E-state index contributed by atoms with van der Waals surface area (Å²) in [5.41, 5.74) is -0.251. The smallest absolute Gasteiger partial charge is 0.307 e. The molecule has 3 rings (SSSR count). The number of aliphatic imine (C=N–C) groups is 1. The lowest BCUT2D eigenvalue weighted by Gasteiger charge is -2.40. The molecule has 1 N–H and O–H groups in total. The number of fused-ring (bicyclic) bond motifs is 3. The van der Waals surface area contributed by atoms with Crippen LogP contribution in [0.15, 0.2) is 23.2 Å². The molecule has 7 heteroatoms. The van der Waals surface area contributed by atoms with Gasteiger partial charge in [-0.15, -0.1) is 0 Å². The van der Waals surface area contributed by atoms with E-state index in [1.165, 1.54) is 11.0 Å². The van der Waals surface area contributed by atoms with Gasteiger partial charge in [0, 0.05) is 24.1 Å². The maximum atomic E-state index is 12.7. The third-order valence-corrected chi connectivity index (χ3v) is 3.57. The van der Waals surface area contributed by atoms with E-state index in [4.69, 9.17) is 0 Å². The zero-order chi connectivity index (χ0) is 15.4. The molecule has 0 fully saturated rings. The van der Waals surface area contributed by atoms with E-state index in [1.807, 2.05) is 13.8 Å². The Hall–Kier alpha value is -2.05. The largest absolute Gasteiger partial charge is 0.416 e. The normalized spacial score (nSPS) is 20.3. The van der Waals surface area contributed by atoms with E-state index in [1.54, 1.807) is 0 Å². The molecule has 0 radical (unpaired) electrons. The van der Waals surface area contributed by atoms with Crippen molar-refractivity contribution in [3.8, 4) is 0 Å². The van der Waals surface area contributed by atoms with Gasteiger partial charge in [-0.05, 0) is 18.2 Å². The Morgan fingerprint density at radius 3 is 2.71 bits per heavy atom. The number of nitrogens with one attached hydrogen (secondary N) is 1. The third-order valence-electron chi connectivity index (χ3n) is 3.57. The van der Waals surface area contributed by atoms with Crippen molar-refractivity contribution in [1.82, 2.24) is 4.90 Å². The van der Waals surface area contributed by atoms with Crippen LogP contribution >= 0.6 is 0 Å². The first-order valence-electron chi connectivity index (χ1n) is 6.52. The van der Waals surface area contributed by atoms with Crippen LogP contribution in [0.25, 0.3) is 0 Å². The van der Waals surface area contributed by atoms with Gasteiger partial charge in [-0.3, -0.25) is 9.89 Å². The molecular formula is C14H14F3N3O. The summed E-state index contributed by atoms with van der Waals surface area (Å²) in [5, 5.41) is 2.52. The second kappa shape index (κ2) is 4.22. The number of alkyl halides is 3. The number of benzene rings is 1. The Balaban J connectivity index is 2.08. The van der Waals surface area contributed by atoms with Crippen molar-refractivity contribution < 1.29 is 18.0 Å². The van der Waals surface area contributed by atoms with Gasteiger partial charge in [0.1, 0.15) is 5.84 Å². The number of amidine groups is 1. The van der Waals surface area contributed by atoms with Crippen LogP contribution in [-0.4, -0.2) is 29.9 Å². The average Bonchev–Trinajstić information content (AvgIpc) is 2.36. The number of nitrogens with zero attached hydrogens (tertiary/aromatic N) is 2. The first-order chi connectivity index (χ1) is 9.67. The summed E-state index contributed by atoms with van der Waals surface area (Å²) < 4.78 is 38.2. The van der Waals surface area contributed by atoms with Crippen molar-refractivity contribution in [1.29, 1.82) is 0 Å². The number of hydrogen-bond donors (Lipinski definition) is 1. The van der Waals surface area contributed by atoms with Gasteiger partial charge in [0.15, 0.2) is 0 Å². The van der Waals surface area contributed by atoms with Crippen LogP contribution < -0.4 is 5.32 Å². The number of halogens is 3. The Bertz CT molecular complexity index is 649. The van der Waals surface area contributed by atoms with Gasteiger partial charge >= 0.3 is 12.2 Å². The number of rotatable bonds is 0. The number of urea groups is 1. The van der Waals surface area contributed by atoms with Gasteiger partial charge in [0.2, 0.25) is 0 Å². The molecule has 0 saturated heterocycles. The van der Waals surface area contributed by atoms with Gasteiger partial charge in [0.05, 0.1) is 11.3 Å². The lowest BCUT2D eigenvalue weighted by Crippen LogP contribution is -2.52. The molecule has 1 aromatic rings. The standard InChI is InChI=1S/C14H14F3N3O/c1-13(2)6-18-11-9-4-3-8(14(15,16)17)5-10(9)19-12(21)20(11)7-13/h3-5H,6-7H2,1-2H3,(H,19,21). The minimum atomic E-state index is -4.44. The maximum absolute atomic E-state index is 12.7. The van der Waals surface area contributed by atoms with E-state index in [0.29, 0.717) is 24.5 Å². The topological polar surface area (TPSA) is 44.7 Å². The molecule has 0 saturated carbocycles. The molecule has 0 aromatic heterocycles. The van der Waals surface area contributed by atoms with E-state index < -0.39 is 17.8 Å². The SMILES string of the molecule is CC1(C)CN=C2c3ccc(C(F)(F)F)cc3NC(=O)N2C1. The highest BCUT2D eigenvalue weighted by molar-refractivity contribution is 6.18. The highest BCUT2D eigenvalue weighted by Crippen LogP contribution is 2.36. The lowest BCUT2D eigenvalue weighted by atomic mass is 9.90. The quantitative estimate of drug-likeness (QED) is 0.784. The number of amides is 2. The maximum Gasteiger partial charge on any atom is 0.416 e. The number of carbonyl (C=O) groups excluding carboxylic acids is 1. The van der Waals surface area contributed by atoms with Gasteiger partial charge in [-0.1, -0.05) is 13.8 Å². The molecule has 2 heterocycles. The monoisotopic (exact) mass is 297 g/mol. The summed E-state index contributed by atoms with van der Waals surface area (Å²) in [6, 6.07) is 2.89. The number of carbonyl (C=O) groups is 1. The van der Waals surface area contributed by atoms with E-state index in [-0.39, 0.29) is 11.1 Å². The van der Waals surface area contributed by atoms with Crippen LogP contribution in [0.1, 0.15) is 25.0 Å². The van der Waals surface area contributed by atoms with E-state index >= 15 is 0 Å². The Morgan fingerprint density at radius 1 is 1.33 bits per heavy atom. The fourth-order valence-electron chi connectivity index (χ4n) is 2.53. The minimum Gasteiger partial charge on any atom is -0.307 e. The second-order valence-electron chi connectivity index (χ2n) is 6.08. The van der Waals surface area contributed by atoms with Crippen LogP contribution in [0.3, 0.4) is 0 Å². The van der Waals surface area contributed by atoms with Crippen molar-refractivity contribution in [2.24, 2.45) is 10.4 Å². The first-order valence-corrected chi connectivity index (χ1v) is 6.52. The van der Waals surface area contributed by atoms with Gasteiger partial charge in [0.25, 0.3) is 0 Å². The van der Waals surface area contributed by atoms with Crippen molar-refractivity contribution in [2.45, 2.75) is 20.0 Å². The summed E-state index contributed by atoms with van der Waals surface area (Å²) in [4.78, 5) is 18.0. The fourth-order valence-corrected chi connectivity index (χ4v) is 2.53. The summed E-state index contributed by atoms with van der Waals surface area (Å²) >= 11 is 0. The lowest BCUT2D eigenvalue weighted by molar-refractivity contribution is -0.137.